The van der Waals surface area contributed by atoms with E-state index in [1.807, 2.05) is 43.3 Å². The number of nitrogens with zero attached hydrogens (tertiary/aromatic N) is 1. The summed E-state index contributed by atoms with van der Waals surface area (Å²) in [6.07, 6.45) is 1.08. The van der Waals surface area contributed by atoms with E-state index in [0.29, 0.717) is 0 Å². The molecule has 94 valence electrons. The molecule has 2 rings (SSSR count). The van der Waals surface area contributed by atoms with Crippen molar-refractivity contribution in [1.82, 2.24) is 4.98 Å². The summed E-state index contributed by atoms with van der Waals surface area (Å²) in [7, 11) is 0. The molecule has 0 aliphatic rings. The molecule has 1 heterocycles. The lowest BCUT2D eigenvalue weighted by atomic mass is 10.1. The Morgan fingerprint density at radius 3 is 2.56 bits per heavy atom. The Bertz CT molecular complexity index is 481. The van der Waals surface area contributed by atoms with Crippen LogP contribution in [0.5, 0.6) is 0 Å². The van der Waals surface area contributed by atoms with Crippen LogP contribution in [0.25, 0.3) is 11.3 Å². The fourth-order valence-corrected chi connectivity index (χ4v) is 1.83. The highest BCUT2D eigenvalue weighted by atomic mass is 16.5. The van der Waals surface area contributed by atoms with Crippen LogP contribution >= 0.6 is 0 Å². The van der Waals surface area contributed by atoms with Crippen LogP contribution in [0, 0.1) is 0 Å². The van der Waals surface area contributed by atoms with E-state index >= 15 is 0 Å². The fourth-order valence-electron chi connectivity index (χ4n) is 1.83. The smallest absolute Gasteiger partial charge is 0.0966 e. The number of pyridine rings is 1. The summed E-state index contributed by atoms with van der Waals surface area (Å²) in [4.78, 5) is 4.67. The summed E-state index contributed by atoms with van der Waals surface area (Å²) in [5, 5.41) is 0. The molecule has 1 aromatic carbocycles. The lowest BCUT2D eigenvalue weighted by Crippen LogP contribution is -2.03. The Kier molecular flexibility index (Phi) is 4.48. The Morgan fingerprint density at radius 2 is 1.83 bits per heavy atom. The summed E-state index contributed by atoms with van der Waals surface area (Å²) >= 11 is 0. The highest BCUT2D eigenvalue weighted by molar-refractivity contribution is 5.58. The molecule has 2 heteroatoms. The van der Waals surface area contributed by atoms with Gasteiger partial charge in [0, 0.05) is 12.2 Å². The molecular formula is C16H19NO. The molecule has 2 nitrogen and oxygen atoms in total. The quantitative estimate of drug-likeness (QED) is 0.781. The fraction of sp³-hybridized carbons (Fsp3) is 0.312. The van der Waals surface area contributed by atoms with Gasteiger partial charge in [0.25, 0.3) is 0 Å². The van der Waals surface area contributed by atoms with E-state index in [0.717, 1.165) is 30.0 Å². The van der Waals surface area contributed by atoms with Gasteiger partial charge in [-0.25, -0.2) is 0 Å². The monoisotopic (exact) mass is 241 g/mol. The van der Waals surface area contributed by atoms with Crippen LogP contribution in [0.1, 0.15) is 32.1 Å². The van der Waals surface area contributed by atoms with Crippen molar-refractivity contribution in [3.63, 3.8) is 0 Å². The summed E-state index contributed by atoms with van der Waals surface area (Å²) in [6, 6.07) is 16.3. The maximum atomic E-state index is 5.71. The zero-order valence-corrected chi connectivity index (χ0v) is 11.0. The van der Waals surface area contributed by atoms with Gasteiger partial charge in [0.05, 0.1) is 17.5 Å². The number of rotatable bonds is 5. The second-order valence-electron chi connectivity index (χ2n) is 4.33. The normalized spacial score (nSPS) is 12.3. The topological polar surface area (TPSA) is 22.1 Å². The van der Waals surface area contributed by atoms with Crippen LogP contribution in [0.4, 0.5) is 0 Å². The molecule has 0 fully saturated rings. The Labute approximate surface area is 109 Å². The second-order valence-corrected chi connectivity index (χ2v) is 4.33. The van der Waals surface area contributed by atoms with Crippen molar-refractivity contribution in [2.24, 2.45) is 0 Å². The molecule has 0 N–H and O–H groups in total. The predicted molar refractivity (Wildman–Crippen MR) is 74.3 cm³/mol. The van der Waals surface area contributed by atoms with E-state index in [1.165, 1.54) is 0 Å². The molecule has 2 aromatic rings. The van der Waals surface area contributed by atoms with Crippen LogP contribution in [0.3, 0.4) is 0 Å². The minimum Gasteiger partial charge on any atom is -0.372 e. The van der Waals surface area contributed by atoms with Crippen molar-refractivity contribution in [2.75, 3.05) is 6.61 Å². The summed E-state index contributed by atoms with van der Waals surface area (Å²) in [5.74, 6) is 0. The van der Waals surface area contributed by atoms with Crippen LogP contribution in [0.15, 0.2) is 48.5 Å². The van der Waals surface area contributed by atoms with Crippen molar-refractivity contribution in [3.05, 3.63) is 54.2 Å². The van der Waals surface area contributed by atoms with Gasteiger partial charge in [-0.1, -0.05) is 43.3 Å². The summed E-state index contributed by atoms with van der Waals surface area (Å²) in [5.41, 5.74) is 3.13. The molecule has 0 aliphatic carbocycles. The number of hydrogen-bond donors (Lipinski definition) is 0. The van der Waals surface area contributed by atoms with E-state index in [4.69, 9.17) is 4.74 Å². The van der Waals surface area contributed by atoms with E-state index < -0.39 is 0 Å². The van der Waals surface area contributed by atoms with Crippen LogP contribution in [0.2, 0.25) is 0 Å². The van der Waals surface area contributed by atoms with E-state index in [9.17, 15) is 0 Å². The van der Waals surface area contributed by atoms with Gasteiger partial charge in [-0.3, -0.25) is 4.98 Å². The molecule has 0 saturated heterocycles. The molecular weight excluding hydrogens is 222 g/mol. The summed E-state index contributed by atoms with van der Waals surface area (Å²) < 4.78 is 5.71. The van der Waals surface area contributed by atoms with Crippen LogP contribution in [-0.4, -0.2) is 11.6 Å². The average Bonchev–Trinajstić information content (AvgIpc) is 2.46. The van der Waals surface area contributed by atoms with Crippen LogP contribution < -0.4 is 0 Å². The highest BCUT2D eigenvalue weighted by Crippen LogP contribution is 2.20. The molecule has 0 radical (unpaired) electrons. The Hall–Kier alpha value is -1.67. The lowest BCUT2D eigenvalue weighted by molar-refractivity contribution is 0.0635. The van der Waals surface area contributed by atoms with Gasteiger partial charge in [-0.15, -0.1) is 0 Å². The SMILES string of the molecule is CCCOC(C)c1cccc(-c2ccccc2)n1. The van der Waals surface area contributed by atoms with Crippen LogP contribution in [-0.2, 0) is 4.74 Å². The minimum atomic E-state index is 0.0496. The first-order valence-electron chi connectivity index (χ1n) is 6.45. The first kappa shape index (κ1) is 12.8. The zero-order chi connectivity index (χ0) is 12.8. The lowest BCUT2D eigenvalue weighted by Gasteiger charge is -2.13. The summed E-state index contributed by atoms with van der Waals surface area (Å²) in [6.45, 7) is 4.94. The molecule has 1 unspecified atom stereocenters. The number of aromatic nitrogens is 1. The maximum absolute atomic E-state index is 5.71. The molecule has 0 saturated carbocycles. The number of benzene rings is 1. The van der Waals surface area contributed by atoms with Crippen molar-refractivity contribution in [2.45, 2.75) is 26.4 Å². The van der Waals surface area contributed by atoms with Gasteiger partial charge in [0.15, 0.2) is 0 Å². The average molecular weight is 241 g/mol. The maximum Gasteiger partial charge on any atom is 0.0966 e. The number of hydrogen-bond acceptors (Lipinski definition) is 2. The van der Waals surface area contributed by atoms with Gasteiger partial charge in [0.2, 0.25) is 0 Å². The van der Waals surface area contributed by atoms with Crippen molar-refractivity contribution in [1.29, 1.82) is 0 Å². The molecule has 1 atom stereocenters. The van der Waals surface area contributed by atoms with E-state index in [-0.39, 0.29) is 6.10 Å². The predicted octanol–water partition coefficient (Wildman–Crippen LogP) is 4.24. The van der Waals surface area contributed by atoms with Crippen molar-refractivity contribution >= 4 is 0 Å². The third-order valence-electron chi connectivity index (χ3n) is 2.83. The van der Waals surface area contributed by atoms with Gasteiger partial charge in [0.1, 0.15) is 0 Å². The van der Waals surface area contributed by atoms with Crippen molar-refractivity contribution in [3.8, 4) is 11.3 Å². The highest BCUT2D eigenvalue weighted by Gasteiger charge is 2.08. The first-order chi connectivity index (χ1) is 8.81. The minimum absolute atomic E-state index is 0.0496. The number of ether oxygens (including phenoxy) is 1. The van der Waals surface area contributed by atoms with Gasteiger partial charge in [-0.05, 0) is 25.5 Å². The Balaban J connectivity index is 2.20. The largest absolute Gasteiger partial charge is 0.372 e. The Morgan fingerprint density at radius 1 is 1.06 bits per heavy atom. The van der Waals surface area contributed by atoms with E-state index in [1.54, 1.807) is 0 Å². The van der Waals surface area contributed by atoms with Gasteiger partial charge < -0.3 is 4.74 Å². The molecule has 0 spiro atoms. The molecule has 0 bridgehead atoms. The van der Waals surface area contributed by atoms with Crippen molar-refractivity contribution < 1.29 is 4.74 Å². The molecule has 0 amide bonds. The second kappa shape index (κ2) is 6.31. The van der Waals surface area contributed by atoms with E-state index in [2.05, 4.69) is 24.0 Å². The first-order valence-corrected chi connectivity index (χ1v) is 6.45. The molecule has 1 aromatic heterocycles. The zero-order valence-electron chi connectivity index (χ0n) is 11.0. The third-order valence-corrected chi connectivity index (χ3v) is 2.83. The standard InChI is InChI=1S/C16H19NO/c1-3-12-18-13(2)15-10-7-11-16(17-15)14-8-5-4-6-9-14/h4-11,13H,3,12H2,1-2H3. The van der Waals surface area contributed by atoms with Gasteiger partial charge in [-0.2, -0.15) is 0 Å². The van der Waals surface area contributed by atoms with Gasteiger partial charge >= 0.3 is 0 Å². The third kappa shape index (κ3) is 3.17. The molecule has 0 aliphatic heterocycles. The molecule has 18 heavy (non-hydrogen) atoms.